The van der Waals surface area contributed by atoms with Crippen LogP contribution in [-0.2, 0) is 0 Å². The van der Waals surface area contributed by atoms with Gasteiger partial charge in [0.15, 0.2) is 5.58 Å². The Bertz CT molecular complexity index is 457. The summed E-state index contributed by atoms with van der Waals surface area (Å²) in [4.78, 5) is 14.4. The Morgan fingerprint density at radius 3 is 3.08 bits per heavy atom. The third-order valence-electron chi connectivity index (χ3n) is 1.63. The molecule has 12 heavy (non-hydrogen) atoms. The van der Waals surface area contributed by atoms with Crippen molar-refractivity contribution in [1.29, 1.82) is 0 Å². The molecule has 0 saturated heterocycles. The van der Waals surface area contributed by atoms with E-state index < -0.39 is 5.76 Å². The van der Waals surface area contributed by atoms with Crippen molar-refractivity contribution in [3.63, 3.8) is 0 Å². The fourth-order valence-electron chi connectivity index (χ4n) is 1.11. The highest BCUT2D eigenvalue weighted by Crippen LogP contribution is 2.23. The number of aromatic nitrogens is 1. The Balaban J connectivity index is 2.87. The SMILES string of the molecule is CSc1cccc2[nH]c(=O)oc12. The maximum absolute atomic E-state index is 10.8. The van der Waals surface area contributed by atoms with Gasteiger partial charge in [0.1, 0.15) is 0 Å². The van der Waals surface area contributed by atoms with Gasteiger partial charge in [-0.15, -0.1) is 11.8 Å². The van der Waals surface area contributed by atoms with Crippen LogP contribution in [0.2, 0.25) is 0 Å². The van der Waals surface area contributed by atoms with E-state index in [2.05, 4.69) is 4.98 Å². The second kappa shape index (κ2) is 2.71. The fraction of sp³-hybridized carbons (Fsp3) is 0.125. The molecule has 0 bridgehead atoms. The van der Waals surface area contributed by atoms with Crippen LogP contribution in [0.15, 0.2) is 32.3 Å². The largest absolute Gasteiger partial charge is 0.417 e. The number of H-pyrrole nitrogens is 1. The summed E-state index contributed by atoms with van der Waals surface area (Å²) in [7, 11) is 0. The predicted molar refractivity (Wildman–Crippen MR) is 48.6 cm³/mol. The number of aromatic amines is 1. The average molecular weight is 181 g/mol. The Labute approximate surface area is 72.8 Å². The lowest BCUT2D eigenvalue weighted by Crippen LogP contribution is -1.92. The van der Waals surface area contributed by atoms with Gasteiger partial charge in [0.2, 0.25) is 0 Å². The van der Waals surface area contributed by atoms with Crippen LogP contribution in [-0.4, -0.2) is 11.2 Å². The summed E-state index contributed by atoms with van der Waals surface area (Å²) in [6.07, 6.45) is 1.95. The average Bonchev–Trinajstić information content (AvgIpc) is 2.44. The Hall–Kier alpha value is -1.16. The molecule has 1 aromatic heterocycles. The zero-order valence-corrected chi connectivity index (χ0v) is 7.27. The van der Waals surface area contributed by atoms with Gasteiger partial charge in [-0.25, -0.2) is 4.79 Å². The van der Waals surface area contributed by atoms with Gasteiger partial charge < -0.3 is 4.42 Å². The molecule has 0 spiro atoms. The lowest BCUT2D eigenvalue weighted by atomic mass is 10.3. The standard InChI is InChI=1S/C8H7NO2S/c1-12-6-4-2-3-5-7(6)11-8(10)9-5/h2-4H,1H3,(H,9,10). The molecule has 0 aliphatic rings. The molecule has 0 aliphatic heterocycles. The van der Waals surface area contributed by atoms with Gasteiger partial charge in [-0.1, -0.05) is 6.07 Å². The van der Waals surface area contributed by atoms with Crippen molar-refractivity contribution < 1.29 is 4.42 Å². The molecule has 0 aliphatic carbocycles. The van der Waals surface area contributed by atoms with Crippen LogP contribution in [0.3, 0.4) is 0 Å². The summed E-state index contributed by atoms with van der Waals surface area (Å²) in [6.45, 7) is 0. The smallest absolute Gasteiger partial charge is 0.407 e. The van der Waals surface area contributed by atoms with Gasteiger partial charge in [-0.2, -0.15) is 0 Å². The van der Waals surface area contributed by atoms with E-state index in [1.54, 1.807) is 11.8 Å². The zero-order chi connectivity index (χ0) is 8.55. The number of rotatable bonds is 1. The van der Waals surface area contributed by atoms with Crippen LogP contribution in [0.4, 0.5) is 0 Å². The first-order chi connectivity index (χ1) is 5.81. The number of thioether (sulfide) groups is 1. The highest BCUT2D eigenvalue weighted by Gasteiger charge is 2.04. The summed E-state index contributed by atoms with van der Waals surface area (Å²) < 4.78 is 4.96. The second-order valence-corrected chi connectivity index (χ2v) is 3.20. The summed E-state index contributed by atoms with van der Waals surface area (Å²) in [5.74, 6) is -0.397. The van der Waals surface area contributed by atoms with E-state index in [4.69, 9.17) is 4.42 Å². The normalized spacial score (nSPS) is 10.8. The van der Waals surface area contributed by atoms with Gasteiger partial charge in [0, 0.05) is 0 Å². The first-order valence-electron chi connectivity index (χ1n) is 3.47. The minimum absolute atomic E-state index is 0.397. The Morgan fingerprint density at radius 2 is 2.33 bits per heavy atom. The van der Waals surface area contributed by atoms with E-state index in [0.717, 1.165) is 10.4 Å². The molecule has 62 valence electrons. The topological polar surface area (TPSA) is 46.0 Å². The van der Waals surface area contributed by atoms with Crippen LogP contribution in [0, 0.1) is 0 Å². The number of para-hydroxylation sites is 1. The Morgan fingerprint density at radius 1 is 1.50 bits per heavy atom. The fourth-order valence-corrected chi connectivity index (χ4v) is 1.66. The molecule has 0 amide bonds. The lowest BCUT2D eigenvalue weighted by Gasteiger charge is -1.93. The number of hydrogen-bond donors (Lipinski definition) is 1. The highest BCUT2D eigenvalue weighted by atomic mass is 32.2. The maximum atomic E-state index is 10.8. The lowest BCUT2D eigenvalue weighted by molar-refractivity contribution is 0.550. The minimum atomic E-state index is -0.397. The van der Waals surface area contributed by atoms with Crippen molar-refractivity contribution in [3.8, 4) is 0 Å². The van der Waals surface area contributed by atoms with E-state index in [-0.39, 0.29) is 0 Å². The van der Waals surface area contributed by atoms with Crippen LogP contribution in [0.25, 0.3) is 11.1 Å². The molecule has 3 nitrogen and oxygen atoms in total. The summed E-state index contributed by atoms with van der Waals surface area (Å²) in [6, 6.07) is 5.63. The second-order valence-electron chi connectivity index (χ2n) is 2.35. The number of fused-ring (bicyclic) bond motifs is 1. The molecule has 1 aromatic carbocycles. The molecule has 2 rings (SSSR count). The third-order valence-corrected chi connectivity index (χ3v) is 2.39. The number of hydrogen-bond acceptors (Lipinski definition) is 3. The predicted octanol–water partition coefficient (Wildman–Crippen LogP) is 1.84. The first-order valence-corrected chi connectivity index (χ1v) is 4.69. The van der Waals surface area contributed by atoms with Crippen molar-refractivity contribution in [2.24, 2.45) is 0 Å². The molecule has 4 heteroatoms. The van der Waals surface area contributed by atoms with Crippen molar-refractivity contribution in [3.05, 3.63) is 28.7 Å². The molecule has 0 unspecified atom stereocenters. The quantitative estimate of drug-likeness (QED) is 0.683. The molecule has 0 saturated carbocycles. The van der Waals surface area contributed by atoms with Gasteiger partial charge in [0.25, 0.3) is 0 Å². The van der Waals surface area contributed by atoms with Gasteiger partial charge in [0.05, 0.1) is 10.4 Å². The molecule has 0 radical (unpaired) electrons. The molecule has 1 heterocycles. The summed E-state index contributed by atoms with van der Waals surface area (Å²) in [5, 5.41) is 0. The van der Waals surface area contributed by atoms with Crippen LogP contribution < -0.4 is 5.76 Å². The molecular formula is C8H7NO2S. The number of nitrogens with one attached hydrogen (secondary N) is 1. The van der Waals surface area contributed by atoms with E-state index in [9.17, 15) is 4.79 Å². The molecular weight excluding hydrogens is 174 g/mol. The minimum Gasteiger partial charge on any atom is -0.407 e. The van der Waals surface area contributed by atoms with Gasteiger partial charge in [-0.3, -0.25) is 4.98 Å². The van der Waals surface area contributed by atoms with Crippen LogP contribution >= 0.6 is 11.8 Å². The van der Waals surface area contributed by atoms with Gasteiger partial charge >= 0.3 is 5.76 Å². The number of oxazole rings is 1. The Kier molecular flexibility index (Phi) is 1.69. The number of benzene rings is 1. The summed E-state index contributed by atoms with van der Waals surface area (Å²) in [5.41, 5.74) is 1.40. The van der Waals surface area contributed by atoms with Gasteiger partial charge in [-0.05, 0) is 18.4 Å². The summed E-state index contributed by atoms with van der Waals surface area (Å²) >= 11 is 1.56. The van der Waals surface area contributed by atoms with Crippen molar-refractivity contribution in [2.45, 2.75) is 4.90 Å². The van der Waals surface area contributed by atoms with E-state index in [0.29, 0.717) is 5.58 Å². The monoisotopic (exact) mass is 181 g/mol. The molecule has 0 fully saturated rings. The van der Waals surface area contributed by atoms with E-state index in [1.807, 2.05) is 24.5 Å². The molecule has 0 atom stereocenters. The first kappa shape index (κ1) is 7.49. The van der Waals surface area contributed by atoms with Crippen LogP contribution in [0.1, 0.15) is 0 Å². The maximum Gasteiger partial charge on any atom is 0.417 e. The zero-order valence-electron chi connectivity index (χ0n) is 6.46. The highest BCUT2D eigenvalue weighted by molar-refractivity contribution is 7.98. The molecule has 2 aromatic rings. The third kappa shape index (κ3) is 1.04. The van der Waals surface area contributed by atoms with E-state index in [1.165, 1.54) is 0 Å². The molecule has 1 N–H and O–H groups in total. The van der Waals surface area contributed by atoms with Crippen LogP contribution in [0.5, 0.6) is 0 Å². The van der Waals surface area contributed by atoms with E-state index >= 15 is 0 Å². The van der Waals surface area contributed by atoms with Crippen molar-refractivity contribution >= 4 is 22.9 Å². The van der Waals surface area contributed by atoms with Crippen molar-refractivity contribution in [1.82, 2.24) is 4.98 Å². The van der Waals surface area contributed by atoms with Crippen molar-refractivity contribution in [2.75, 3.05) is 6.26 Å².